The molecule has 0 aliphatic carbocycles. The Balaban J connectivity index is 1.38. The minimum atomic E-state index is -0.978. The molecule has 0 unspecified atom stereocenters. The van der Waals surface area contributed by atoms with Crippen LogP contribution in [0.25, 0.3) is 27.3 Å². The zero-order valence-corrected chi connectivity index (χ0v) is 17.9. The molecule has 2 N–H and O–H groups in total. The van der Waals surface area contributed by atoms with Crippen LogP contribution >= 0.6 is 11.3 Å². The summed E-state index contributed by atoms with van der Waals surface area (Å²) in [5.74, 6) is -0.496. The topological polar surface area (TPSA) is 109 Å². The second-order valence-electron chi connectivity index (χ2n) is 7.37. The van der Waals surface area contributed by atoms with E-state index < -0.39 is 11.6 Å². The smallest absolute Gasteiger partial charge is 0.230 e. The van der Waals surface area contributed by atoms with Gasteiger partial charge in [-0.2, -0.15) is 19.6 Å². The lowest BCUT2D eigenvalue weighted by Gasteiger charge is -2.27. The number of imidazole rings is 1. The zero-order valence-electron chi connectivity index (χ0n) is 17.1. The number of ether oxygens (including phenoxy) is 1. The molecule has 5 heterocycles. The van der Waals surface area contributed by atoms with Crippen molar-refractivity contribution in [2.24, 2.45) is 0 Å². The summed E-state index contributed by atoms with van der Waals surface area (Å²) < 4.78 is 34.6. The molecule has 168 valence electrons. The Morgan fingerprint density at radius 3 is 2.85 bits per heavy atom. The molecule has 6 rings (SSSR count). The van der Waals surface area contributed by atoms with E-state index in [0.29, 0.717) is 55.2 Å². The van der Waals surface area contributed by atoms with Crippen molar-refractivity contribution in [1.29, 1.82) is 0 Å². The quantitative estimate of drug-likeness (QED) is 0.405. The normalized spacial score (nSPS) is 14.4. The van der Waals surface area contributed by atoms with Gasteiger partial charge in [-0.25, -0.2) is 18.7 Å². The van der Waals surface area contributed by atoms with Gasteiger partial charge in [-0.05, 0) is 12.1 Å². The van der Waals surface area contributed by atoms with E-state index in [0.717, 1.165) is 16.6 Å². The summed E-state index contributed by atoms with van der Waals surface area (Å²) in [7, 11) is 0. The molecule has 4 aromatic heterocycles. The number of fused-ring (bicyclic) bond motifs is 2. The second kappa shape index (κ2) is 8.01. The van der Waals surface area contributed by atoms with E-state index in [-0.39, 0.29) is 12.1 Å². The van der Waals surface area contributed by atoms with Crippen molar-refractivity contribution in [3.05, 3.63) is 47.4 Å². The van der Waals surface area contributed by atoms with Crippen molar-refractivity contribution >= 4 is 39.9 Å². The van der Waals surface area contributed by atoms with Crippen molar-refractivity contribution in [2.45, 2.75) is 6.54 Å². The van der Waals surface area contributed by atoms with E-state index in [2.05, 4.69) is 30.4 Å². The molecule has 1 aliphatic heterocycles. The number of benzene rings is 1. The van der Waals surface area contributed by atoms with Crippen LogP contribution in [0.1, 0.15) is 5.82 Å². The van der Waals surface area contributed by atoms with Gasteiger partial charge in [0.1, 0.15) is 16.3 Å². The molecule has 33 heavy (non-hydrogen) atoms. The van der Waals surface area contributed by atoms with E-state index in [1.54, 1.807) is 16.9 Å². The Morgan fingerprint density at radius 1 is 1.15 bits per heavy atom. The van der Waals surface area contributed by atoms with Crippen molar-refractivity contribution in [1.82, 2.24) is 34.5 Å². The summed E-state index contributed by atoms with van der Waals surface area (Å²) in [6, 6.07) is 2.52. The number of rotatable bonds is 5. The van der Waals surface area contributed by atoms with E-state index >= 15 is 0 Å². The van der Waals surface area contributed by atoms with Gasteiger partial charge in [-0.3, -0.25) is 0 Å². The Kier molecular flexibility index (Phi) is 4.84. The predicted octanol–water partition coefficient (Wildman–Crippen LogP) is 2.85. The first kappa shape index (κ1) is 19.9. The molecule has 1 saturated heterocycles. The highest BCUT2D eigenvalue weighted by Crippen LogP contribution is 2.28. The van der Waals surface area contributed by atoms with Crippen molar-refractivity contribution in [3.63, 3.8) is 0 Å². The molecule has 0 atom stereocenters. The van der Waals surface area contributed by atoms with E-state index in [1.165, 1.54) is 17.4 Å². The van der Waals surface area contributed by atoms with Crippen molar-refractivity contribution in [3.8, 4) is 10.6 Å². The minimum Gasteiger partial charge on any atom is -0.378 e. The number of hydrogen-bond acceptors (Lipinski definition) is 9. The molecule has 10 nitrogen and oxygen atoms in total. The molecule has 13 heteroatoms. The van der Waals surface area contributed by atoms with Gasteiger partial charge in [0, 0.05) is 24.7 Å². The van der Waals surface area contributed by atoms with Gasteiger partial charge in [-0.15, -0.1) is 11.3 Å². The van der Waals surface area contributed by atoms with Gasteiger partial charge in [0.25, 0.3) is 0 Å². The summed E-state index contributed by atoms with van der Waals surface area (Å²) in [6.07, 6.45) is 3.44. The average Bonchev–Trinajstić information content (AvgIpc) is 3.60. The Labute approximate surface area is 189 Å². The van der Waals surface area contributed by atoms with Gasteiger partial charge in [0.05, 0.1) is 37.0 Å². The summed E-state index contributed by atoms with van der Waals surface area (Å²) in [4.78, 5) is 23.0. The maximum Gasteiger partial charge on any atom is 0.230 e. The maximum atomic E-state index is 14.0. The standard InChI is InChI=1S/C20H17F2N9OS/c21-12-1-2-13-16(15(12)22)27-14(26-13)10-24-19-29-20(30-4-6-32-7-5-30)28-17-11(9-25-31(17)19)18-23-3-8-33-18/h1-3,8-9H,4-7,10H2,(H,26,27)(H,24,28,29). The third kappa shape index (κ3) is 3.54. The van der Waals surface area contributed by atoms with Crippen molar-refractivity contribution in [2.75, 3.05) is 36.5 Å². The molecule has 1 aliphatic rings. The summed E-state index contributed by atoms with van der Waals surface area (Å²) >= 11 is 1.50. The van der Waals surface area contributed by atoms with Gasteiger partial charge in [0.2, 0.25) is 11.9 Å². The number of aromatic nitrogens is 7. The summed E-state index contributed by atoms with van der Waals surface area (Å²) in [5, 5.41) is 10.4. The highest BCUT2D eigenvalue weighted by molar-refractivity contribution is 7.13. The number of nitrogens with zero attached hydrogens (tertiary/aromatic N) is 7. The van der Waals surface area contributed by atoms with Crippen LogP contribution in [0.2, 0.25) is 0 Å². The Morgan fingerprint density at radius 2 is 2.03 bits per heavy atom. The number of anilines is 2. The molecule has 0 radical (unpaired) electrons. The first-order valence-corrected chi connectivity index (χ1v) is 11.1. The Hall–Kier alpha value is -3.71. The molecular formula is C20H17F2N9OS. The lowest BCUT2D eigenvalue weighted by molar-refractivity contribution is 0.122. The summed E-state index contributed by atoms with van der Waals surface area (Å²) in [5.41, 5.74) is 1.78. The molecule has 0 saturated carbocycles. The SMILES string of the molecule is Fc1ccc2[nH]c(CNc3nc(N4CCOCC4)nc4c(-c5nccs5)cnn34)nc2c1F. The molecule has 1 aromatic carbocycles. The number of thiazole rings is 1. The fraction of sp³-hybridized carbons (Fsp3) is 0.250. The largest absolute Gasteiger partial charge is 0.378 e. The molecule has 0 spiro atoms. The summed E-state index contributed by atoms with van der Waals surface area (Å²) in [6.45, 7) is 2.72. The Bertz CT molecular complexity index is 1440. The third-order valence-electron chi connectivity index (χ3n) is 5.32. The second-order valence-corrected chi connectivity index (χ2v) is 8.27. The van der Waals surface area contributed by atoms with Crippen molar-refractivity contribution < 1.29 is 13.5 Å². The first-order chi connectivity index (χ1) is 16.2. The number of morpholine rings is 1. The third-order valence-corrected chi connectivity index (χ3v) is 6.13. The zero-order chi connectivity index (χ0) is 22.4. The van der Waals surface area contributed by atoms with Gasteiger partial charge >= 0.3 is 0 Å². The number of hydrogen-bond donors (Lipinski definition) is 2. The van der Waals surface area contributed by atoms with Crippen LogP contribution in [-0.2, 0) is 11.3 Å². The van der Waals surface area contributed by atoms with E-state index in [9.17, 15) is 8.78 Å². The van der Waals surface area contributed by atoms with E-state index in [4.69, 9.17) is 9.72 Å². The predicted molar refractivity (Wildman–Crippen MR) is 118 cm³/mol. The molecule has 5 aromatic rings. The van der Waals surface area contributed by atoms with Gasteiger partial charge in [-0.1, -0.05) is 0 Å². The molecule has 0 bridgehead atoms. The highest BCUT2D eigenvalue weighted by atomic mass is 32.1. The number of aromatic amines is 1. The minimum absolute atomic E-state index is 0.0428. The van der Waals surface area contributed by atoms with Gasteiger partial charge < -0.3 is 19.9 Å². The average molecular weight is 469 g/mol. The van der Waals surface area contributed by atoms with Gasteiger partial charge in [0.15, 0.2) is 17.3 Å². The lowest BCUT2D eigenvalue weighted by Crippen LogP contribution is -2.37. The van der Waals surface area contributed by atoms with Crippen LogP contribution in [0.15, 0.2) is 29.9 Å². The first-order valence-electron chi connectivity index (χ1n) is 10.2. The molecule has 0 amide bonds. The van der Waals surface area contributed by atoms with Crippen LogP contribution in [-0.4, -0.2) is 60.8 Å². The fourth-order valence-electron chi connectivity index (χ4n) is 3.71. The number of nitrogens with one attached hydrogen (secondary N) is 2. The number of halogens is 2. The van der Waals surface area contributed by atoms with Crippen LogP contribution in [0, 0.1) is 11.6 Å². The molecule has 1 fully saturated rings. The van der Waals surface area contributed by atoms with Crippen LogP contribution in [0.4, 0.5) is 20.7 Å². The monoisotopic (exact) mass is 469 g/mol. The maximum absolute atomic E-state index is 14.0. The van der Waals surface area contributed by atoms with Crippen LogP contribution in [0.3, 0.4) is 0 Å². The van der Waals surface area contributed by atoms with Crippen LogP contribution in [0.5, 0.6) is 0 Å². The lowest BCUT2D eigenvalue weighted by atomic mass is 10.3. The highest BCUT2D eigenvalue weighted by Gasteiger charge is 2.21. The molecular weight excluding hydrogens is 452 g/mol. The van der Waals surface area contributed by atoms with E-state index in [1.807, 2.05) is 10.3 Å². The number of H-pyrrole nitrogens is 1. The fourth-order valence-corrected chi connectivity index (χ4v) is 4.35. The van der Waals surface area contributed by atoms with Crippen LogP contribution < -0.4 is 10.2 Å².